The van der Waals surface area contributed by atoms with Gasteiger partial charge in [0.2, 0.25) is 0 Å². The van der Waals surface area contributed by atoms with Gasteiger partial charge in [0, 0.05) is 38.3 Å². The van der Waals surface area contributed by atoms with Gasteiger partial charge < -0.3 is 14.4 Å². The fraction of sp³-hybridized carbons (Fsp3) is 0.462. The molecule has 1 fully saturated rings. The molecular formula is C26H28F2N6O3. The van der Waals surface area contributed by atoms with Crippen molar-refractivity contribution < 1.29 is 18.3 Å². The molecule has 0 radical (unpaired) electrons. The number of aryl methyl sites for hydroxylation is 1. The molecule has 1 saturated heterocycles. The van der Waals surface area contributed by atoms with Gasteiger partial charge in [0.1, 0.15) is 17.3 Å². The molecule has 5 rings (SSSR count). The number of rotatable bonds is 5. The van der Waals surface area contributed by atoms with Crippen molar-refractivity contribution in [3.05, 3.63) is 52.1 Å². The number of aromatic nitrogens is 3. The number of nitrogens with zero attached hydrogens (tertiary/aromatic N) is 6. The second-order valence-electron chi connectivity index (χ2n) is 9.48. The first-order valence-electron chi connectivity index (χ1n) is 12.4. The Labute approximate surface area is 212 Å². The van der Waals surface area contributed by atoms with E-state index in [1.165, 1.54) is 10.6 Å². The summed E-state index contributed by atoms with van der Waals surface area (Å²) in [6.45, 7) is 7.48. The van der Waals surface area contributed by atoms with E-state index in [1.54, 1.807) is 31.3 Å². The van der Waals surface area contributed by atoms with E-state index in [-0.39, 0.29) is 41.0 Å². The van der Waals surface area contributed by atoms with Crippen LogP contribution in [-0.2, 0) is 7.05 Å². The number of fused-ring (bicyclic) bond motifs is 2. The maximum absolute atomic E-state index is 13.5. The van der Waals surface area contributed by atoms with Crippen molar-refractivity contribution in [2.45, 2.75) is 58.0 Å². The van der Waals surface area contributed by atoms with Crippen LogP contribution in [0.4, 0.5) is 14.6 Å². The highest BCUT2D eigenvalue weighted by atomic mass is 19.3. The number of hydrogen-bond acceptors (Lipinski definition) is 8. The van der Waals surface area contributed by atoms with E-state index in [1.807, 2.05) is 6.92 Å². The van der Waals surface area contributed by atoms with Crippen LogP contribution in [-0.4, -0.2) is 50.9 Å². The van der Waals surface area contributed by atoms with Crippen molar-refractivity contribution in [3.8, 4) is 17.6 Å². The SMILES string of the molecule is CC[C@H]1CN(C(C)c2ccc3c(c2)OC(F)(F)O3)[C@H](CC)CN1c1nc(=O)n(C)c2ccc(C#N)nc12. The van der Waals surface area contributed by atoms with Gasteiger partial charge in [0.05, 0.1) is 5.52 Å². The Hall–Kier alpha value is -3.78. The van der Waals surface area contributed by atoms with Crippen molar-refractivity contribution in [2.24, 2.45) is 7.05 Å². The number of halogens is 2. The lowest BCUT2D eigenvalue weighted by Crippen LogP contribution is -2.59. The molecule has 194 valence electrons. The molecule has 3 aromatic rings. The molecule has 2 aromatic heterocycles. The van der Waals surface area contributed by atoms with Crippen molar-refractivity contribution in [3.63, 3.8) is 0 Å². The van der Waals surface area contributed by atoms with E-state index in [0.717, 1.165) is 18.4 Å². The average molecular weight is 511 g/mol. The van der Waals surface area contributed by atoms with Gasteiger partial charge in [0.15, 0.2) is 17.3 Å². The maximum Gasteiger partial charge on any atom is 0.586 e. The van der Waals surface area contributed by atoms with Crippen LogP contribution in [0.5, 0.6) is 11.5 Å². The van der Waals surface area contributed by atoms with Gasteiger partial charge in [-0.25, -0.2) is 9.78 Å². The highest BCUT2D eigenvalue weighted by molar-refractivity contribution is 5.86. The first-order valence-corrected chi connectivity index (χ1v) is 12.4. The zero-order valence-corrected chi connectivity index (χ0v) is 21.1. The van der Waals surface area contributed by atoms with Gasteiger partial charge in [-0.3, -0.25) is 9.47 Å². The predicted molar refractivity (Wildman–Crippen MR) is 133 cm³/mol. The summed E-state index contributed by atoms with van der Waals surface area (Å²) in [5.41, 5.74) is 1.86. The molecule has 2 aliphatic rings. The molecule has 0 bridgehead atoms. The number of hydrogen-bond donors (Lipinski definition) is 0. The number of pyridine rings is 1. The van der Waals surface area contributed by atoms with Crippen LogP contribution < -0.4 is 20.1 Å². The third kappa shape index (κ3) is 4.35. The van der Waals surface area contributed by atoms with Crippen molar-refractivity contribution >= 4 is 16.9 Å². The highest BCUT2D eigenvalue weighted by Crippen LogP contribution is 2.43. The second kappa shape index (κ2) is 9.27. The zero-order chi connectivity index (χ0) is 26.5. The van der Waals surface area contributed by atoms with Crippen molar-refractivity contribution in [2.75, 3.05) is 18.0 Å². The maximum atomic E-state index is 13.5. The van der Waals surface area contributed by atoms with E-state index >= 15 is 0 Å². The molecule has 2 aliphatic heterocycles. The second-order valence-corrected chi connectivity index (χ2v) is 9.48. The molecule has 9 nitrogen and oxygen atoms in total. The van der Waals surface area contributed by atoms with Gasteiger partial charge in [-0.1, -0.05) is 19.9 Å². The van der Waals surface area contributed by atoms with Crippen LogP contribution in [0.2, 0.25) is 0 Å². The summed E-state index contributed by atoms with van der Waals surface area (Å²) in [4.78, 5) is 26.1. The lowest BCUT2D eigenvalue weighted by molar-refractivity contribution is -0.286. The van der Waals surface area contributed by atoms with E-state index < -0.39 is 6.29 Å². The number of nitriles is 1. The van der Waals surface area contributed by atoms with Gasteiger partial charge in [-0.2, -0.15) is 10.2 Å². The Balaban J connectivity index is 1.50. The fourth-order valence-electron chi connectivity index (χ4n) is 5.31. The molecular weight excluding hydrogens is 482 g/mol. The van der Waals surface area contributed by atoms with Gasteiger partial charge in [-0.15, -0.1) is 8.78 Å². The van der Waals surface area contributed by atoms with E-state index in [0.29, 0.717) is 29.9 Å². The minimum Gasteiger partial charge on any atom is -0.395 e. The van der Waals surface area contributed by atoms with Crippen LogP contribution in [0, 0.1) is 11.3 Å². The van der Waals surface area contributed by atoms with Gasteiger partial charge in [0.25, 0.3) is 0 Å². The molecule has 4 heterocycles. The molecule has 1 unspecified atom stereocenters. The normalized spacial score (nSPS) is 21.7. The van der Waals surface area contributed by atoms with E-state index in [9.17, 15) is 18.8 Å². The molecule has 0 spiro atoms. The third-order valence-corrected chi connectivity index (χ3v) is 7.41. The molecule has 0 N–H and O–H groups in total. The average Bonchev–Trinajstić information content (AvgIpc) is 3.22. The lowest BCUT2D eigenvalue weighted by Gasteiger charge is -2.49. The summed E-state index contributed by atoms with van der Waals surface area (Å²) in [6, 6.07) is 10.3. The topological polar surface area (TPSA) is 96.5 Å². The molecule has 0 saturated carbocycles. The van der Waals surface area contributed by atoms with Crippen LogP contribution in [0.25, 0.3) is 11.0 Å². The zero-order valence-electron chi connectivity index (χ0n) is 21.1. The Morgan fingerprint density at radius 3 is 2.54 bits per heavy atom. The molecule has 1 aromatic carbocycles. The van der Waals surface area contributed by atoms with Crippen molar-refractivity contribution in [1.82, 2.24) is 19.4 Å². The van der Waals surface area contributed by atoms with E-state index in [4.69, 9.17) is 0 Å². The van der Waals surface area contributed by atoms with E-state index in [2.05, 4.69) is 49.2 Å². The summed E-state index contributed by atoms with van der Waals surface area (Å²) in [5, 5.41) is 9.41. The standard InChI is InChI=1S/C26H28F2N6O3/c1-5-18-14-34(24-23-20(32(4)25(35)31-24)9-8-17(12-29)30-23)19(6-2)13-33(18)15(3)16-7-10-21-22(11-16)37-26(27,28)36-21/h7-11,15,18-19H,5-6,13-14H2,1-4H3/t15?,18-,19+/m1/s1. The number of ether oxygens (including phenoxy) is 2. The molecule has 0 aliphatic carbocycles. The predicted octanol–water partition coefficient (Wildman–Crippen LogP) is 3.96. The summed E-state index contributed by atoms with van der Waals surface area (Å²) in [6.07, 6.45) is -2.06. The van der Waals surface area contributed by atoms with Gasteiger partial charge in [-0.05, 0) is 49.6 Å². The Morgan fingerprint density at radius 1 is 1.11 bits per heavy atom. The van der Waals surface area contributed by atoms with Crippen LogP contribution in [0.3, 0.4) is 0 Å². The monoisotopic (exact) mass is 510 g/mol. The quantitative estimate of drug-likeness (QED) is 0.509. The largest absolute Gasteiger partial charge is 0.586 e. The lowest BCUT2D eigenvalue weighted by atomic mass is 9.97. The minimum atomic E-state index is -3.66. The smallest absolute Gasteiger partial charge is 0.395 e. The third-order valence-electron chi connectivity index (χ3n) is 7.41. The summed E-state index contributed by atoms with van der Waals surface area (Å²) < 4.78 is 37.7. The first-order chi connectivity index (χ1) is 17.7. The number of anilines is 1. The number of alkyl halides is 2. The van der Waals surface area contributed by atoms with Crippen LogP contribution in [0.1, 0.15) is 50.9 Å². The summed E-state index contributed by atoms with van der Waals surface area (Å²) in [7, 11) is 1.64. The Morgan fingerprint density at radius 2 is 1.84 bits per heavy atom. The summed E-state index contributed by atoms with van der Waals surface area (Å²) >= 11 is 0. The Bertz CT molecular complexity index is 1450. The van der Waals surface area contributed by atoms with Crippen LogP contribution >= 0.6 is 0 Å². The molecule has 0 amide bonds. The van der Waals surface area contributed by atoms with Crippen molar-refractivity contribution in [1.29, 1.82) is 5.26 Å². The summed E-state index contributed by atoms with van der Waals surface area (Å²) in [5.74, 6) is 0.540. The first kappa shape index (κ1) is 24.9. The molecule has 37 heavy (non-hydrogen) atoms. The molecule has 3 atom stereocenters. The fourth-order valence-corrected chi connectivity index (χ4v) is 5.31. The minimum absolute atomic E-state index is 0.0129. The number of benzene rings is 1. The van der Waals surface area contributed by atoms with Gasteiger partial charge >= 0.3 is 12.0 Å². The number of piperazine rings is 1. The van der Waals surface area contributed by atoms with Crippen LogP contribution in [0.15, 0.2) is 35.1 Å². The highest BCUT2D eigenvalue weighted by Gasteiger charge is 2.44. The Kier molecular flexibility index (Phi) is 6.23. The molecule has 11 heteroatoms.